The van der Waals surface area contributed by atoms with Crippen molar-refractivity contribution >= 4 is 17.8 Å². The van der Waals surface area contributed by atoms with Gasteiger partial charge in [-0.25, -0.2) is 0 Å². The van der Waals surface area contributed by atoms with E-state index in [9.17, 15) is 10.1 Å². The maximum Gasteiger partial charge on any atom is 0.276 e. The molecule has 1 unspecified atom stereocenters. The molecule has 3 heteroatoms. The van der Waals surface area contributed by atoms with E-state index in [4.69, 9.17) is 0 Å². The fourth-order valence-corrected chi connectivity index (χ4v) is 3.97. The van der Waals surface area contributed by atoms with Gasteiger partial charge in [-0.1, -0.05) is 49.8 Å². The highest BCUT2D eigenvalue weighted by molar-refractivity contribution is 5.51. The number of hydrogen-bond donors (Lipinski definition) is 0. The van der Waals surface area contributed by atoms with Crippen LogP contribution in [0.3, 0.4) is 0 Å². The molecule has 0 bridgehead atoms. The number of rotatable bonds is 2. The molecule has 2 aliphatic rings. The predicted octanol–water partition coefficient (Wildman–Crippen LogP) is 2.97. The molecule has 2 aromatic carbocycles. The molecule has 23 heavy (non-hydrogen) atoms. The van der Waals surface area contributed by atoms with E-state index in [0.717, 1.165) is 35.6 Å². The van der Waals surface area contributed by atoms with Crippen molar-refractivity contribution in [3.8, 4) is 0 Å². The lowest BCUT2D eigenvalue weighted by atomic mass is 9.83. The van der Waals surface area contributed by atoms with Crippen LogP contribution < -0.4 is 10.4 Å². The molecule has 2 aromatic rings. The van der Waals surface area contributed by atoms with Crippen LogP contribution in [0.2, 0.25) is 0 Å². The summed E-state index contributed by atoms with van der Waals surface area (Å²) in [5.74, 6) is 0.723. The van der Waals surface area contributed by atoms with Crippen molar-refractivity contribution in [1.29, 1.82) is 0 Å². The smallest absolute Gasteiger partial charge is 0.258 e. The fourth-order valence-electron chi connectivity index (χ4n) is 3.97. The number of nitro benzene ring substituents is 1. The molecule has 0 amide bonds. The van der Waals surface area contributed by atoms with Crippen molar-refractivity contribution in [2.24, 2.45) is 5.92 Å². The maximum atomic E-state index is 11.3. The molecule has 4 rings (SSSR count). The number of non-ortho nitro benzene ring substituents is 1. The number of nitro groups is 1. The van der Waals surface area contributed by atoms with Gasteiger partial charge in [0.25, 0.3) is 5.69 Å². The molecule has 0 spiro atoms. The summed E-state index contributed by atoms with van der Waals surface area (Å²) in [6.45, 7) is 2.25. The molecule has 0 saturated carbocycles. The van der Waals surface area contributed by atoms with Crippen molar-refractivity contribution in [2.45, 2.75) is 32.6 Å². The Morgan fingerprint density at radius 1 is 1.13 bits per heavy atom. The van der Waals surface area contributed by atoms with Crippen LogP contribution in [-0.2, 0) is 12.8 Å². The number of nitrogens with zero attached hydrogens (tertiary/aromatic N) is 1. The zero-order valence-corrected chi connectivity index (χ0v) is 13.2. The Morgan fingerprint density at radius 3 is 2.78 bits per heavy atom. The van der Waals surface area contributed by atoms with E-state index in [1.807, 2.05) is 12.1 Å². The average molecular weight is 305 g/mol. The number of fused-ring (bicyclic) bond motifs is 4. The molecule has 0 fully saturated rings. The summed E-state index contributed by atoms with van der Waals surface area (Å²) < 4.78 is 0. The van der Waals surface area contributed by atoms with Crippen LogP contribution in [0.5, 0.6) is 0 Å². The van der Waals surface area contributed by atoms with Crippen LogP contribution in [0.4, 0.5) is 5.69 Å². The molecular formula is C20H19NO2. The van der Waals surface area contributed by atoms with Crippen molar-refractivity contribution < 1.29 is 4.92 Å². The predicted molar refractivity (Wildman–Crippen MR) is 91.2 cm³/mol. The quantitative estimate of drug-likeness (QED) is 0.632. The van der Waals surface area contributed by atoms with Gasteiger partial charge < -0.3 is 0 Å². The molecule has 1 atom stereocenters. The van der Waals surface area contributed by atoms with Crippen LogP contribution in [0.1, 0.15) is 30.9 Å². The van der Waals surface area contributed by atoms with Crippen molar-refractivity contribution in [3.05, 3.63) is 72.4 Å². The monoisotopic (exact) mass is 305 g/mol. The summed E-state index contributed by atoms with van der Waals surface area (Å²) in [6.07, 6.45) is 8.67. The third kappa shape index (κ3) is 2.19. The van der Waals surface area contributed by atoms with Crippen molar-refractivity contribution in [1.82, 2.24) is 0 Å². The summed E-state index contributed by atoms with van der Waals surface area (Å²) in [5.41, 5.74) is 3.03. The van der Waals surface area contributed by atoms with E-state index in [1.165, 1.54) is 28.0 Å². The van der Waals surface area contributed by atoms with E-state index >= 15 is 0 Å². The third-order valence-corrected chi connectivity index (χ3v) is 5.29. The molecule has 0 aliphatic heterocycles. The standard InChI is InChI=1S/C20H19NO2/c1-2-13-6-7-14-8-9-16-15-4-3-5-20(21(22)23)18(15)11-10-17(16)19(14)12-13/h3-5,7-9,11,13H,2,6,10,12H2,1H3. The Bertz CT molecular complexity index is 1020. The summed E-state index contributed by atoms with van der Waals surface area (Å²) in [5, 5.41) is 15.6. The Kier molecular flexibility index (Phi) is 3.29. The molecular weight excluding hydrogens is 286 g/mol. The van der Waals surface area contributed by atoms with E-state index in [2.05, 4.69) is 25.1 Å². The molecule has 0 heterocycles. The van der Waals surface area contributed by atoms with Gasteiger partial charge in [0.1, 0.15) is 0 Å². The van der Waals surface area contributed by atoms with Crippen molar-refractivity contribution in [2.75, 3.05) is 0 Å². The van der Waals surface area contributed by atoms with Gasteiger partial charge in [-0.3, -0.25) is 10.1 Å². The second kappa shape index (κ2) is 5.34. The summed E-state index contributed by atoms with van der Waals surface area (Å²) in [4.78, 5) is 11.0. The first-order valence-electron chi connectivity index (χ1n) is 8.28. The number of benzene rings is 2. The first kappa shape index (κ1) is 14.2. The normalized spacial score (nSPS) is 18.0. The van der Waals surface area contributed by atoms with Gasteiger partial charge in [-0.05, 0) is 52.0 Å². The van der Waals surface area contributed by atoms with Crippen LogP contribution >= 0.6 is 0 Å². The van der Waals surface area contributed by atoms with Crippen LogP contribution in [-0.4, -0.2) is 4.92 Å². The lowest BCUT2D eigenvalue weighted by molar-refractivity contribution is -0.385. The highest BCUT2D eigenvalue weighted by Crippen LogP contribution is 2.23. The van der Waals surface area contributed by atoms with Crippen molar-refractivity contribution in [3.63, 3.8) is 0 Å². The largest absolute Gasteiger partial charge is 0.276 e. The zero-order chi connectivity index (χ0) is 16.0. The second-order valence-electron chi connectivity index (χ2n) is 6.48. The minimum Gasteiger partial charge on any atom is -0.258 e. The molecule has 0 aromatic heterocycles. The van der Waals surface area contributed by atoms with Gasteiger partial charge in [0.2, 0.25) is 0 Å². The fraction of sp³-hybridized carbons (Fsp3) is 0.300. The SMILES string of the molecule is CCC1CC=c2ccc3c(c2C1)CC=c1c([N+](=O)[O-])cccc1=3. The Labute approximate surface area is 134 Å². The van der Waals surface area contributed by atoms with E-state index in [0.29, 0.717) is 0 Å². The van der Waals surface area contributed by atoms with Gasteiger partial charge in [-0.2, -0.15) is 0 Å². The van der Waals surface area contributed by atoms with Crippen LogP contribution in [0.25, 0.3) is 12.2 Å². The first-order chi connectivity index (χ1) is 11.2. The summed E-state index contributed by atoms with van der Waals surface area (Å²) in [6, 6.07) is 9.73. The minimum absolute atomic E-state index is 0.212. The molecule has 0 N–H and O–H groups in total. The average Bonchev–Trinajstić information content (AvgIpc) is 2.59. The lowest BCUT2D eigenvalue weighted by Gasteiger charge is -2.22. The van der Waals surface area contributed by atoms with E-state index < -0.39 is 0 Å². The Hall–Kier alpha value is -2.42. The Morgan fingerprint density at radius 2 is 2.00 bits per heavy atom. The van der Waals surface area contributed by atoms with E-state index in [-0.39, 0.29) is 10.6 Å². The van der Waals surface area contributed by atoms with Gasteiger partial charge in [0.05, 0.1) is 10.1 Å². The molecule has 0 radical (unpaired) electrons. The van der Waals surface area contributed by atoms with E-state index in [1.54, 1.807) is 12.1 Å². The summed E-state index contributed by atoms with van der Waals surface area (Å²) in [7, 11) is 0. The molecule has 2 aliphatic carbocycles. The molecule has 116 valence electrons. The van der Waals surface area contributed by atoms with Gasteiger partial charge in [0, 0.05) is 6.07 Å². The first-order valence-corrected chi connectivity index (χ1v) is 8.28. The van der Waals surface area contributed by atoms with Crippen LogP contribution in [0, 0.1) is 26.5 Å². The van der Waals surface area contributed by atoms with Gasteiger partial charge in [0.15, 0.2) is 0 Å². The maximum absolute atomic E-state index is 11.3. The number of hydrogen-bond acceptors (Lipinski definition) is 2. The molecule has 3 nitrogen and oxygen atoms in total. The minimum atomic E-state index is -0.278. The van der Waals surface area contributed by atoms with Crippen LogP contribution in [0.15, 0.2) is 30.3 Å². The second-order valence-corrected chi connectivity index (χ2v) is 6.48. The van der Waals surface area contributed by atoms with Gasteiger partial charge in [-0.15, -0.1) is 0 Å². The Balaban J connectivity index is 2.09. The topological polar surface area (TPSA) is 43.1 Å². The molecule has 0 saturated heterocycles. The zero-order valence-electron chi connectivity index (χ0n) is 13.2. The third-order valence-electron chi connectivity index (χ3n) is 5.29. The highest BCUT2D eigenvalue weighted by atomic mass is 16.6. The van der Waals surface area contributed by atoms with Gasteiger partial charge >= 0.3 is 0 Å². The lowest BCUT2D eigenvalue weighted by Crippen LogP contribution is -2.24. The highest BCUT2D eigenvalue weighted by Gasteiger charge is 2.18. The summed E-state index contributed by atoms with van der Waals surface area (Å²) >= 11 is 0.